The molecule has 0 radical (unpaired) electrons. The van der Waals surface area contributed by atoms with E-state index in [-0.39, 0.29) is 17.9 Å². The largest absolute Gasteiger partial charge is 0.486 e. The van der Waals surface area contributed by atoms with Gasteiger partial charge in [0.05, 0.1) is 0 Å². The second-order valence-corrected chi connectivity index (χ2v) is 8.97. The number of nitrogens with one attached hydrogen (secondary N) is 1. The minimum absolute atomic E-state index is 0.0704. The predicted molar refractivity (Wildman–Crippen MR) is 114 cm³/mol. The van der Waals surface area contributed by atoms with E-state index in [4.69, 9.17) is 16.3 Å². The van der Waals surface area contributed by atoms with Gasteiger partial charge in [0.25, 0.3) is 5.91 Å². The summed E-state index contributed by atoms with van der Waals surface area (Å²) in [5.74, 6) is 1.09. The number of carbonyl (C=O) groups excluding carboxylic acids is 2. The molecule has 1 saturated heterocycles. The van der Waals surface area contributed by atoms with E-state index in [1.807, 2.05) is 18.7 Å². The Kier molecular flexibility index (Phi) is 7.50. The van der Waals surface area contributed by atoms with Crippen LogP contribution >= 0.6 is 22.9 Å². The summed E-state index contributed by atoms with van der Waals surface area (Å²) < 4.78 is 5.67. The van der Waals surface area contributed by atoms with E-state index in [0.29, 0.717) is 48.5 Å². The Bertz CT molecular complexity index is 830. The van der Waals surface area contributed by atoms with Crippen molar-refractivity contribution in [3.63, 3.8) is 0 Å². The number of thiazole rings is 1. The summed E-state index contributed by atoms with van der Waals surface area (Å²) in [5.41, 5.74) is 0.406. The van der Waals surface area contributed by atoms with E-state index < -0.39 is 0 Å². The number of hydrogen-bond acceptors (Lipinski definition) is 5. The van der Waals surface area contributed by atoms with E-state index in [1.165, 1.54) is 11.3 Å². The fraction of sp³-hybridized carbons (Fsp3) is 0.476. The number of amides is 2. The zero-order valence-electron chi connectivity index (χ0n) is 16.7. The molecule has 8 heteroatoms. The van der Waals surface area contributed by atoms with Crippen LogP contribution in [0, 0.1) is 5.92 Å². The maximum absolute atomic E-state index is 12.5. The van der Waals surface area contributed by atoms with E-state index in [0.717, 1.165) is 17.8 Å². The first kappa shape index (κ1) is 21.6. The van der Waals surface area contributed by atoms with Crippen molar-refractivity contribution in [2.45, 2.75) is 45.8 Å². The predicted octanol–water partition coefficient (Wildman–Crippen LogP) is 4.14. The van der Waals surface area contributed by atoms with Crippen molar-refractivity contribution in [3.8, 4) is 5.75 Å². The van der Waals surface area contributed by atoms with Crippen molar-refractivity contribution in [2.75, 3.05) is 13.1 Å². The molecule has 1 aromatic heterocycles. The van der Waals surface area contributed by atoms with Crippen LogP contribution in [0.1, 0.15) is 48.6 Å². The second kappa shape index (κ2) is 10.1. The zero-order valence-corrected chi connectivity index (χ0v) is 18.3. The standard InChI is InChI=1S/C21H26ClN3O3S/c1-14(2)11-20(26)25-9-7-16(8-10-25)23-21(27)18-13-29-19(24-18)12-28-17-5-3-15(22)4-6-17/h3-6,13-14,16H,7-12H2,1-2H3,(H,23,27). The van der Waals surface area contributed by atoms with Crippen LogP contribution in [0.3, 0.4) is 0 Å². The lowest BCUT2D eigenvalue weighted by atomic mass is 10.0. The fourth-order valence-electron chi connectivity index (χ4n) is 3.17. The van der Waals surface area contributed by atoms with Gasteiger partial charge in [0.1, 0.15) is 23.1 Å². The molecular weight excluding hydrogens is 410 g/mol. The first-order valence-electron chi connectivity index (χ1n) is 9.82. The Balaban J connectivity index is 1.44. The Morgan fingerprint density at radius 3 is 2.62 bits per heavy atom. The molecule has 3 rings (SSSR count). The van der Waals surface area contributed by atoms with Crippen LogP contribution in [0.4, 0.5) is 0 Å². The van der Waals surface area contributed by atoms with Gasteiger partial charge in [-0.25, -0.2) is 4.98 Å². The molecule has 2 aromatic rings. The number of rotatable bonds is 7. The number of likely N-dealkylation sites (tertiary alicyclic amines) is 1. The number of benzene rings is 1. The highest BCUT2D eigenvalue weighted by molar-refractivity contribution is 7.09. The van der Waals surface area contributed by atoms with Crippen LogP contribution in [0.2, 0.25) is 5.02 Å². The normalized spacial score (nSPS) is 14.8. The highest BCUT2D eigenvalue weighted by atomic mass is 35.5. The molecule has 0 spiro atoms. The quantitative estimate of drug-likeness (QED) is 0.709. The van der Waals surface area contributed by atoms with Crippen molar-refractivity contribution in [1.82, 2.24) is 15.2 Å². The molecule has 2 heterocycles. The lowest BCUT2D eigenvalue weighted by molar-refractivity contribution is -0.133. The molecule has 1 aliphatic heterocycles. The number of halogens is 1. The molecule has 0 atom stereocenters. The zero-order chi connectivity index (χ0) is 20.8. The SMILES string of the molecule is CC(C)CC(=O)N1CCC(NC(=O)c2csc(COc3ccc(Cl)cc3)n2)CC1. The summed E-state index contributed by atoms with van der Waals surface area (Å²) in [6.45, 7) is 5.78. The van der Waals surface area contributed by atoms with Crippen LogP contribution in [-0.4, -0.2) is 40.8 Å². The molecule has 1 N–H and O–H groups in total. The third kappa shape index (κ3) is 6.44. The van der Waals surface area contributed by atoms with Crippen molar-refractivity contribution in [3.05, 3.63) is 45.4 Å². The Morgan fingerprint density at radius 2 is 1.97 bits per heavy atom. The van der Waals surface area contributed by atoms with E-state index in [2.05, 4.69) is 10.3 Å². The lowest BCUT2D eigenvalue weighted by Crippen LogP contribution is -2.46. The third-order valence-corrected chi connectivity index (χ3v) is 5.80. The molecule has 0 aliphatic carbocycles. The maximum Gasteiger partial charge on any atom is 0.270 e. The van der Waals surface area contributed by atoms with Gasteiger partial charge in [-0.3, -0.25) is 9.59 Å². The highest BCUT2D eigenvalue weighted by Gasteiger charge is 2.25. The summed E-state index contributed by atoms with van der Waals surface area (Å²) in [6, 6.07) is 7.18. The summed E-state index contributed by atoms with van der Waals surface area (Å²) in [7, 11) is 0. The minimum atomic E-state index is -0.175. The summed E-state index contributed by atoms with van der Waals surface area (Å²) >= 11 is 7.26. The number of hydrogen-bond donors (Lipinski definition) is 1. The van der Waals surface area contributed by atoms with Crippen LogP contribution in [0.5, 0.6) is 5.75 Å². The minimum Gasteiger partial charge on any atom is -0.486 e. The van der Waals surface area contributed by atoms with Crippen molar-refractivity contribution >= 4 is 34.8 Å². The number of piperidine rings is 1. The van der Waals surface area contributed by atoms with Gasteiger partial charge in [-0.15, -0.1) is 11.3 Å². The molecule has 1 aliphatic rings. The number of carbonyl (C=O) groups is 2. The van der Waals surface area contributed by atoms with E-state index >= 15 is 0 Å². The van der Waals surface area contributed by atoms with Gasteiger partial charge in [-0.05, 0) is 43.0 Å². The fourth-order valence-corrected chi connectivity index (χ4v) is 3.98. The number of aromatic nitrogens is 1. The lowest BCUT2D eigenvalue weighted by Gasteiger charge is -2.32. The monoisotopic (exact) mass is 435 g/mol. The van der Waals surface area contributed by atoms with Gasteiger partial charge in [-0.2, -0.15) is 0 Å². The molecule has 29 heavy (non-hydrogen) atoms. The molecule has 0 bridgehead atoms. The molecular formula is C21H26ClN3O3S. The Morgan fingerprint density at radius 1 is 1.28 bits per heavy atom. The van der Waals surface area contributed by atoms with Gasteiger partial charge in [0.15, 0.2) is 0 Å². The topological polar surface area (TPSA) is 71.5 Å². The van der Waals surface area contributed by atoms with Crippen molar-refractivity contribution < 1.29 is 14.3 Å². The highest BCUT2D eigenvalue weighted by Crippen LogP contribution is 2.19. The molecule has 0 saturated carbocycles. The average molecular weight is 436 g/mol. The second-order valence-electron chi connectivity index (χ2n) is 7.60. The number of ether oxygens (including phenoxy) is 1. The van der Waals surface area contributed by atoms with Gasteiger partial charge in [0.2, 0.25) is 5.91 Å². The van der Waals surface area contributed by atoms with Gasteiger partial charge < -0.3 is 15.0 Å². The third-order valence-electron chi connectivity index (χ3n) is 4.73. The average Bonchev–Trinajstić information content (AvgIpc) is 3.17. The Labute approximate surface area is 180 Å². The van der Waals surface area contributed by atoms with E-state index in [1.54, 1.807) is 29.6 Å². The van der Waals surface area contributed by atoms with Crippen LogP contribution < -0.4 is 10.1 Å². The molecule has 6 nitrogen and oxygen atoms in total. The van der Waals surface area contributed by atoms with Crippen LogP contribution in [-0.2, 0) is 11.4 Å². The van der Waals surface area contributed by atoms with Gasteiger partial charge in [-0.1, -0.05) is 25.4 Å². The molecule has 1 aromatic carbocycles. The molecule has 1 fully saturated rings. The van der Waals surface area contributed by atoms with E-state index in [9.17, 15) is 9.59 Å². The Hall–Kier alpha value is -2.12. The molecule has 0 unspecified atom stereocenters. The number of nitrogens with zero attached hydrogens (tertiary/aromatic N) is 2. The summed E-state index contributed by atoms with van der Waals surface area (Å²) in [6.07, 6.45) is 2.12. The van der Waals surface area contributed by atoms with Crippen molar-refractivity contribution in [2.24, 2.45) is 5.92 Å². The summed E-state index contributed by atoms with van der Waals surface area (Å²) in [5, 5.41) is 6.18. The maximum atomic E-state index is 12.5. The van der Waals surface area contributed by atoms with Gasteiger partial charge >= 0.3 is 0 Å². The van der Waals surface area contributed by atoms with Crippen molar-refractivity contribution in [1.29, 1.82) is 0 Å². The molecule has 156 valence electrons. The molecule has 2 amide bonds. The van der Waals surface area contributed by atoms with Gasteiger partial charge in [0, 0.05) is 36.0 Å². The first-order chi connectivity index (χ1) is 13.9. The smallest absolute Gasteiger partial charge is 0.270 e. The first-order valence-corrected chi connectivity index (χ1v) is 11.1. The van der Waals surface area contributed by atoms with Crippen LogP contribution in [0.15, 0.2) is 29.6 Å². The summed E-state index contributed by atoms with van der Waals surface area (Å²) in [4.78, 5) is 30.9. The van der Waals surface area contributed by atoms with Crippen LogP contribution in [0.25, 0.3) is 0 Å².